The van der Waals surface area contributed by atoms with Crippen LogP contribution in [0.2, 0.25) is 0 Å². The van der Waals surface area contributed by atoms with Crippen molar-refractivity contribution in [2.45, 2.75) is 23.6 Å². The third-order valence-corrected chi connectivity index (χ3v) is 8.37. The van der Waals surface area contributed by atoms with Gasteiger partial charge in [-0.2, -0.15) is 0 Å². The number of hydrogen-bond acceptors (Lipinski definition) is 7. The highest BCUT2D eigenvalue weighted by Gasteiger charge is 2.23. The van der Waals surface area contributed by atoms with E-state index >= 15 is 0 Å². The van der Waals surface area contributed by atoms with Gasteiger partial charge in [0.25, 0.3) is 10.0 Å². The third-order valence-electron chi connectivity index (χ3n) is 5.53. The van der Waals surface area contributed by atoms with Crippen molar-refractivity contribution in [2.24, 2.45) is 0 Å². The minimum absolute atomic E-state index is 0.0817. The summed E-state index contributed by atoms with van der Waals surface area (Å²) in [6.45, 7) is 4.14. The molecule has 10 nitrogen and oxygen atoms in total. The smallest absolute Gasteiger partial charge is 0.264 e. The van der Waals surface area contributed by atoms with Crippen LogP contribution in [0.3, 0.4) is 0 Å². The van der Waals surface area contributed by atoms with E-state index in [0.29, 0.717) is 30.2 Å². The number of nitrogens with zero attached hydrogens (tertiary/aromatic N) is 1. The molecule has 38 heavy (non-hydrogen) atoms. The SMILES string of the molecule is CCN(CC)c1ccc(NC(=O)CNS(=O)(=O)c2ccccc2F)cc1S(=O)(=O)Nc1ccc(OC)cc1. The van der Waals surface area contributed by atoms with Crippen LogP contribution in [0.1, 0.15) is 13.8 Å². The van der Waals surface area contributed by atoms with Gasteiger partial charge < -0.3 is 15.0 Å². The minimum Gasteiger partial charge on any atom is -0.497 e. The molecule has 3 aromatic rings. The predicted octanol–water partition coefficient (Wildman–Crippen LogP) is 3.40. The molecule has 3 N–H and O–H groups in total. The Bertz CT molecular complexity index is 1490. The number of carbonyl (C=O) groups is 1. The quantitative estimate of drug-likeness (QED) is 0.307. The Morgan fingerprint density at radius 2 is 1.50 bits per heavy atom. The van der Waals surface area contributed by atoms with E-state index in [1.165, 1.54) is 31.4 Å². The fourth-order valence-electron chi connectivity index (χ4n) is 3.61. The zero-order valence-corrected chi connectivity index (χ0v) is 22.7. The Labute approximate surface area is 221 Å². The van der Waals surface area contributed by atoms with E-state index < -0.39 is 43.2 Å². The highest BCUT2D eigenvalue weighted by atomic mass is 32.2. The van der Waals surface area contributed by atoms with E-state index in [0.717, 1.165) is 12.1 Å². The fourth-order valence-corrected chi connectivity index (χ4v) is 5.98. The van der Waals surface area contributed by atoms with Crippen molar-refractivity contribution in [1.82, 2.24) is 4.72 Å². The maximum absolute atomic E-state index is 13.9. The van der Waals surface area contributed by atoms with Crippen molar-refractivity contribution in [3.05, 3.63) is 72.5 Å². The molecule has 0 heterocycles. The normalized spacial score (nSPS) is 11.6. The van der Waals surface area contributed by atoms with Crippen LogP contribution in [-0.4, -0.2) is 49.5 Å². The molecule has 1 amide bonds. The molecule has 3 aromatic carbocycles. The molecule has 0 bridgehead atoms. The first-order chi connectivity index (χ1) is 18.0. The first kappa shape index (κ1) is 28.9. The molecule has 13 heteroatoms. The fraction of sp³-hybridized carbons (Fsp3) is 0.240. The zero-order chi connectivity index (χ0) is 27.9. The number of sulfonamides is 2. The molecule has 0 radical (unpaired) electrons. The second kappa shape index (κ2) is 12.2. The maximum Gasteiger partial charge on any atom is 0.264 e. The lowest BCUT2D eigenvalue weighted by molar-refractivity contribution is -0.115. The number of halogens is 1. The predicted molar refractivity (Wildman–Crippen MR) is 144 cm³/mol. The van der Waals surface area contributed by atoms with Crippen LogP contribution < -0.4 is 24.4 Å². The van der Waals surface area contributed by atoms with Crippen molar-refractivity contribution in [3.63, 3.8) is 0 Å². The Hall–Kier alpha value is -3.68. The monoisotopic (exact) mass is 564 g/mol. The number of hydrogen-bond donors (Lipinski definition) is 3. The molecule has 0 aromatic heterocycles. The van der Waals surface area contributed by atoms with Gasteiger partial charge >= 0.3 is 0 Å². The van der Waals surface area contributed by atoms with Crippen molar-refractivity contribution >= 4 is 43.0 Å². The second-order valence-electron chi connectivity index (χ2n) is 7.99. The van der Waals surface area contributed by atoms with E-state index in [9.17, 15) is 26.0 Å². The van der Waals surface area contributed by atoms with Crippen molar-refractivity contribution in [1.29, 1.82) is 0 Å². The summed E-state index contributed by atoms with van der Waals surface area (Å²) in [4.78, 5) is 13.7. The van der Waals surface area contributed by atoms with Crippen molar-refractivity contribution in [3.8, 4) is 5.75 Å². The summed E-state index contributed by atoms with van der Waals surface area (Å²) >= 11 is 0. The minimum atomic E-state index is -4.28. The Balaban J connectivity index is 1.84. The van der Waals surface area contributed by atoms with E-state index in [2.05, 4.69) is 10.0 Å². The molecule has 204 valence electrons. The van der Waals surface area contributed by atoms with Gasteiger partial charge in [-0.05, 0) is 68.4 Å². The second-order valence-corrected chi connectivity index (χ2v) is 11.4. The molecule has 0 saturated carbocycles. The van der Waals surface area contributed by atoms with E-state index in [1.54, 1.807) is 30.3 Å². The number of methoxy groups -OCH3 is 1. The largest absolute Gasteiger partial charge is 0.497 e. The number of nitrogens with one attached hydrogen (secondary N) is 3. The maximum atomic E-state index is 13.9. The molecule has 0 aliphatic heterocycles. The van der Waals surface area contributed by atoms with Gasteiger partial charge in [0, 0.05) is 24.5 Å². The van der Waals surface area contributed by atoms with Crippen molar-refractivity contribution in [2.75, 3.05) is 41.7 Å². The summed E-state index contributed by atoms with van der Waals surface area (Å²) < 4.78 is 75.1. The summed E-state index contributed by atoms with van der Waals surface area (Å²) in [6, 6.07) is 15.5. The number of anilines is 3. The van der Waals surface area contributed by atoms with Gasteiger partial charge in [-0.15, -0.1) is 0 Å². The lowest BCUT2D eigenvalue weighted by Gasteiger charge is -2.25. The molecular weight excluding hydrogens is 535 g/mol. The van der Waals surface area contributed by atoms with Crippen molar-refractivity contribution < 1.29 is 30.8 Å². The molecular formula is C25H29FN4O6S2. The molecule has 0 fully saturated rings. The average molecular weight is 565 g/mol. The summed E-state index contributed by atoms with van der Waals surface area (Å²) in [7, 11) is -6.88. The van der Waals surface area contributed by atoms with E-state index in [4.69, 9.17) is 4.74 Å². The van der Waals surface area contributed by atoms with Crippen LogP contribution in [0.5, 0.6) is 5.75 Å². The van der Waals surface area contributed by atoms with Gasteiger partial charge in [0.15, 0.2) is 0 Å². The van der Waals surface area contributed by atoms with Crippen LogP contribution in [0.25, 0.3) is 0 Å². The first-order valence-corrected chi connectivity index (χ1v) is 14.6. The number of benzene rings is 3. The topological polar surface area (TPSA) is 134 Å². The Morgan fingerprint density at radius 1 is 0.868 bits per heavy atom. The van der Waals surface area contributed by atoms with E-state index in [1.807, 2.05) is 23.5 Å². The van der Waals surface area contributed by atoms with Gasteiger partial charge in [0.2, 0.25) is 15.9 Å². The highest BCUT2D eigenvalue weighted by molar-refractivity contribution is 7.93. The first-order valence-electron chi connectivity index (χ1n) is 11.6. The lowest BCUT2D eigenvalue weighted by atomic mass is 10.2. The summed E-state index contributed by atoms with van der Waals surface area (Å²) in [5.74, 6) is -1.16. The molecule has 0 aliphatic rings. The summed E-state index contributed by atoms with van der Waals surface area (Å²) in [5, 5.41) is 2.49. The highest BCUT2D eigenvalue weighted by Crippen LogP contribution is 2.30. The Kier molecular flexibility index (Phi) is 9.31. The summed E-state index contributed by atoms with van der Waals surface area (Å²) in [5.41, 5.74) is 0.869. The lowest BCUT2D eigenvalue weighted by Crippen LogP contribution is -2.33. The number of amides is 1. The number of ether oxygens (including phenoxy) is 1. The van der Waals surface area contributed by atoms with Crippen LogP contribution in [0.15, 0.2) is 76.5 Å². The molecule has 0 aliphatic carbocycles. The molecule has 0 atom stereocenters. The zero-order valence-electron chi connectivity index (χ0n) is 21.1. The Morgan fingerprint density at radius 3 is 2.11 bits per heavy atom. The number of rotatable bonds is 12. The van der Waals surface area contributed by atoms with Crippen LogP contribution >= 0.6 is 0 Å². The van der Waals surface area contributed by atoms with Gasteiger partial charge in [0.05, 0.1) is 19.3 Å². The van der Waals surface area contributed by atoms with E-state index in [-0.39, 0.29) is 10.6 Å². The molecule has 0 spiro atoms. The van der Waals surface area contributed by atoms with Gasteiger partial charge in [0.1, 0.15) is 21.4 Å². The van der Waals surface area contributed by atoms with Crippen LogP contribution in [0, 0.1) is 5.82 Å². The third kappa shape index (κ3) is 7.00. The molecule has 0 saturated heterocycles. The molecule has 0 unspecified atom stereocenters. The van der Waals surface area contributed by atoms with Crippen LogP contribution in [0.4, 0.5) is 21.5 Å². The van der Waals surface area contributed by atoms with Gasteiger partial charge in [-0.25, -0.2) is 25.9 Å². The van der Waals surface area contributed by atoms with Crippen LogP contribution in [-0.2, 0) is 24.8 Å². The summed E-state index contributed by atoms with van der Waals surface area (Å²) in [6.07, 6.45) is 0. The average Bonchev–Trinajstić information content (AvgIpc) is 2.89. The van der Waals surface area contributed by atoms with Gasteiger partial charge in [-0.1, -0.05) is 12.1 Å². The van der Waals surface area contributed by atoms with Gasteiger partial charge in [-0.3, -0.25) is 9.52 Å². The standard InChI is InChI=1S/C25H29FN4O6S2/c1-4-30(5-2)22-15-12-19(16-24(22)38(34,35)29-18-10-13-20(36-3)14-11-18)28-25(31)17-27-37(32,33)23-9-7-6-8-21(23)26/h6-16,27,29H,4-5,17H2,1-3H3,(H,28,31). The number of carbonyl (C=O) groups excluding carboxylic acids is 1. The molecule has 3 rings (SSSR count).